The summed E-state index contributed by atoms with van der Waals surface area (Å²) in [7, 11) is -0.666. The van der Waals surface area contributed by atoms with Crippen LogP contribution in [0.25, 0.3) is 11.1 Å². The van der Waals surface area contributed by atoms with Gasteiger partial charge >= 0.3 is 12.1 Å². The van der Waals surface area contributed by atoms with Crippen molar-refractivity contribution in [1.29, 1.82) is 0 Å². The van der Waals surface area contributed by atoms with E-state index in [2.05, 4.69) is 17.4 Å². The van der Waals surface area contributed by atoms with E-state index in [9.17, 15) is 14.7 Å². The van der Waals surface area contributed by atoms with E-state index < -0.39 is 32.8 Å². The molecule has 0 spiro atoms. The molecule has 3 aromatic carbocycles. The number of carboxylic acid groups (broad SMARTS) is 1. The molecular weight excluding hydrogens is 454 g/mol. The number of fused-ring (bicyclic) bond motifs is 3. The van der Waals surface area contributed by atoms with Crippen LogP contribution in [-0.4, -0.2) is 35.6 Å². The number of amides is 1. The summed E-state index contributed by atoms with van der Waals surface area (Å²) in [4.78, 5) is 24.9. The lowest BCUT2D eigenvalue weighted by molar-refractivity contribution is -0.139. The number of carboxylic acids is 1. The number of alkyl carbamates (subject to hydrolysis) is 1. The first-order chi connectivity index (χ1) is 16.0. The van der Waals surface area contributed by atoms with Gasteiger partial charge < -0.3 is 15.2 Å². The third-order valence-corrected chi connectivity index (χ3v) is 8.89. The molecular formula is C26H25NO4S2. The van der Waals surface area contributed by atoms with Crippen LogP contribution in [0.2, 0.25) is 0 Å². The largest absolute Gasteiger partial charge is 0.480 e. The zero-order valence-electron chi connectivity index (χ0n) is 18.1. The molecule has 0 radical (unpaired) electrons. The number of carbonyl (C=O) groups is 2. The number of nitrogens with one attached hydrogen (secondary N) is 1. The van der Waals surface area contributed by atoms with Gasteiger partial charge in [0.25, 0.3) is 0 Å². The van der Waals surface area contributed by atoms with Crippen molar-refractivity contribution in [2.75, 3.05) is 12.4 Å². The Morgan fingerprint density at radius 3 is 2.06 bits per heavy atom. The van der Waals surface area contributed by atoms with Crippen molar-refractivity contribution in [2.45, 2.75) is 24.1 Å². The predicted molar refractivity (Wildman–Crippen MR) is 134 cm³/mol. The molecule has 7 heteroatoms. The summed E-state index contributed by atoms with van der Waals surface area (Å²) in [5.41, 5.74) is 5.26. The van der Waals surface area contributed by atoms with Crippen LogP contribution in [0.1, 0.15) is 34.8 Å². The van der Waals surface area contributed by atoms with Crippen LogP contribution in [0, 0.1) is 0 Å². The molecule has 0 aliphatic heterocycles. The summed E-state index contributed by atoms with van der Waals surface area (Å²) in [6, 6.07) is 24.2. The minimum atomic E-state index is -1.18. The topological polar surface area (TPSA) is 75.6 Å². The highest BCUT2D eigenvalue weighted by atomic mass is 32.8. The number of ether oxygens (including phenoxy) is 1. The molecule has 0 heterocycles. The van der Waals surface area contributed by atoms with Crippen LogP contribution in [0.3, 0.4) is 0 Å². The molecule has 4 rings (SSSR count). The normalized spacial score (nSPS) is 15.1. The molecule has 3 aromatic rings. The second kappa shape index (κ2) is 10.3. The van der Waals surface area contributed by atoms with E-state index in [0.717, 1.165) is 27.8 Å². The van der Waals surface area contributed by atoms with Crippen molar-refractivity contribution in [3.8, 4) is 11.1 Å². The average molecular weight is 480 g/mol. The van der Waals surface area contributed by atoms with Crippen LogP contribution in [-0.2, 0) is 30.2 Å². The molecule has 1 unspecified atom stereocenters. The summed E-state index contributed by atoms with van der Waals surface area (Å²) in [6.45, 7) is 2.05. The van der Waals surface area contributed by atoms with Crippen molar-refractivity contribution in [1.82, 2.24) is 5.32 Å². The fourth-order valence-electron chi connectivity index (χ4n) is 4.35. The third-order valence-electron chi connectivity index (χ3n) is 5.88. The number of hydrogen-bond donors (Lipinski definition) is 2. The molecule has 1 aliphatic carbocycles. The van der Waals surface area contributed by atoms with Gasteiger partial charge in [0, 0.05) is 5.92 Å². The molecule has 1 aliphatic rings. The molecule has 0 fully saturated rings. The second-order valence-corrected chi connectivity index (χ2v) is 10.9. The zero-order valence-corrected chi connectivity index (χ0v) is 19.8. The Kier molecular flexibility index (Phi) is 7.20. The first-order valence-corrected chi connectivity index (χ1v) is 13.2. The minimum Gasteiger partial charge on any atom is -0.480 e. The molecule has 0 saturated carbocycles. The lowest BCUT2D eigenvalue weighted by Crippen LogP contribution is -2.46. The van der Waals surface area contributed by atoms with E-state index in [-0.39, 0.29) is 12.5 Å². The quantitative estimate of drug-likeness (QED) is 0.485. The van der Waals surface area contributed by atoms with Gasteiger partial charge in [-0.25, -0.2) is 9.59 Å². The van der Waals surface area contributed by atoms with Crippen molar-refractivity contribution in [3.63, 3.8) is 0 Å². The van der Waals surface area contributed by atoms with Crippen molar-refractivity contribution < 1.29 is 19.4 Å². The fraction of sp³-hybridized carbons (Fsp3) is 0.231. The van der Waals surface area contributed by atoms with E-state index in [1.165, 1.54) is 0 Å². The van der Waals surface area contributed by atoms with Gasteiger partial charge in [-0.3, -0.25) is 0 Å². The Morgan fingerprint density at radius 2 is 1.52 bits per heavy atom. The van der Waals surface area contributed by atoms with Gasteiger partial charge in [0.15, 0.2) is 0 Å². The first kappa shape index (κ1) is 23.1. The maximum absolute atomic E-state index is 12.8. The van der Waals surface area contributed by atoms with E-state index in [4.69, 9.17) is 15.9 Å². The Labute approximate surface area is 200 Å². The number of benzene rings is 3. The first-order valence-electron chi connectivity index (χ1n) is 10.8. The fourth-order valence-corrected chi connectivity index (χ4v) is 6.33. The molecule has 1 amide bonds. The highest BCUT2D eigenvalue weighted by Gasteiger charge is 2.34. The predicted octanol–water partition coefficient (Wildman–Crippen LogP) is 4.82. The Bertz CT molecular complexity index is 1140. The molecule has 3 atom stereocenters. The van der Waals surface area contributed by atoms with Gasteiger partial charge in [0.2, 0.25) is 0 Å². The molecule has 2 N–H and O–H groups in total. The summed E-state index contributed by atoms with van der Waals surface area (Å²) < 4.78 is 5.58. The molecule has 170 valence electrons. The monoisotopic (exact) mass is 479 g/mol. The maximum Gasteiger partial charge on any atom is 0.407 e. The van der Waals surface area contributed by atoms with Gasteiger partial charge in [-0.05, 0) is 33.6 Å². The number of hydrogen-bond acceptors (Lipinski definition) is 4. The van der Waals surface area contributed by atoms with E-state index in [1.54, 1.807) is 0 Å². The van der Waals surface area contributed by atoms with Crippen LogP contribution in [0.15, 0.2) is 78.9 Å². The van der Waals surface area contributed by atoms with Gasteiger partial charge in [0.05, 0.1) is 5.25 Å². The van der Waals surface area contributed by atoms with Crippen LogP contribution in [0.5, 0.6) is 0 Å². The summed E-state index contributed by atoms with van der Waals surface area (Å²) in [5, 5.41) is 12.0. The SMILES string of the molecule is CCS(=S)[C@H](c1ccccc1)[C@@H](NC(=O)OCC1c2ccccc2-c2ccccc21)C(=O)O. The molecule has 0 bridgehead atoms. The second-order valence-electron chi connectivity index (χ2n) is 7.79. The number of aliphatic carboxylic acids is 1. The molecule has 5 nitrogen and oxygen atoms in total. The summed E-state index contributed by atoms with van der Waals surface area (Å²) >= 11 is 5.60. The number of carbonyl (C=O) groups excluding carboxylic acids is 1. The van der Waals surface area contributed by atoms with Crippen LogP contribution in [0.4, 0.5) is 4.79 Å². The van der Waals surface area contributed by atoms with Crippen LogP contribution < -0.4 is 5.32 Å². The highest BCUT2D eigenvalue weighted by Crippen LogP contribution is 2.44. The Balaban J connectivity index is 1.51. The van der Waals surface area contributed by atoms with E-state index >= 15 is 0 Å². The minimum absolute atomic E-state index is 0.0967. The standard InChI is InChI=1S/C26H25NO4S2/c1-2-33(32)24(17-10-4-3-5-11-17)23(25(28)29)27-26(30)31-16-22-20-14-8-6-12-18(20)19-13-7-9-15-21(19)22/h3-15,22-24H,2,16H2,1H3,(H,27,30)(H,28,29)/t23-,24-,33?/m1/s1. The zero-order chi connectivity index (χ0) is 23.4. The smallest absolute Gasteiger partial charge is 0.407 e. The molecule has 0 aromatic heterocycles. The average Bonchev–Trinajstić information content (AvgIpc) is 3.16. The third kappa shape index (κ3) is 4.84. The summed E-state index contributed by atoms with van der Waals surface area (Å²) in [6.07, 6.45) is -0.756. The van der Waals surface area contributed by atoms with Gasteiger partial charge in [0.1, 0.15) is 12.6 Å². The van der Waals surface area contributed by atoms with E-state index in [1.807, 2.05) is 73.7 Å². The van der Waals surface area contributed by atoms with Gasteiger partial charge in [-0.1, -0.05) is 97.0 Å². The lowest BCUT2D eigenvalue weighted by atomic mass is 9.98. The van der Waals surface area contributed by atoms with Crippen molar-refractivity contribution in [3.05, 3.63) is 95.6 Å². The van der Waals surface area contributed by atoms with Crippen molar-refractivity contribution >= 4 is 32.7 Å². The van der Waals surface area contributed by atoms with E-state index in [0.29, 0.717) is 5.75 Å². The highest BCUT2D eigenvalue weighted by molar-refractivity contribution is 8.29. The maximum atomic E-state index is 12.8. The molecule has 33 heavy (non-hydrogen) atoms. The van der Waals surface area contributed by atoms with Crippen molar-refractivity contribution in [2.24, 2.45) is 0 Å². The van der Waals surface area contributed by atoms with Crippen LogP contribution >= 0.6 is 0 Å². The number of rotatable bonds is 8. The Hall–Kier alpha value is -3.03. The molecule has 0 saturated heterocycles. The van der Waals surface area contributed by atoms with Gasteiger partial charge in [-0.15, -0.1) is 9.45 Å². The van der Waals surface area contributed by atoms with Gasteiger partial charge in [-0.2, -0.15) is 0 Å². The Morgan fingerprint density at radius 1 is 0.970 bits per heavy atom. The summed E-state index contributed by atoms with van der Waals surface area (Å²) in [5.74, 6) is -0.598. The lowest BCUT2D eigenvalue weighted by Gasteiger charge is -2.26.